The third-order valence-electron chi connectivity index (χ3n) is 4.65. The Kier molecular flexibility index (Phi) is 4.31. The van der Waals surface area contributed by atoms with E-state index in [0.717, 1.165) is 0 Å². The first kappa shape index (κ1) is 17.7. The minimum Gasteiger partial charge on any atom is -0.496 e. The number of fused-ring (bicyclic) bond motifs is 1. The second-order valence-electron chi connectivity index (χ2n) is 6.39. The number of nitrogens with two attached hydrogens (primary N) is 1. The van der Waals surface area contributed by atoms with E-state index >= 15 is 0 Å². The van der Waals surface area contributed by atoms with Crippen LogP contribution in [0.2, 0.25) is 0 Å². The van der Waals surface area contributed by atoms with Crippen molar-refractivity contribution in [3.63, 3.8) is 0 Å². The van der Waals surface area contributed by atoms with Gasteiger partial charge in [-0.25, -0.2) is 9.07 Å². The third kappa shape index (κ3) is 2.88. The molecule has 0 radical (unpaired) electrons. The minimum absolute atomic E-state index is 0.343. The lowest BCUT2D eigenvalue weighted by Gasteiger charge is -2.27. The number of ether oxygens (including phenoxy) is 1. The maximum Gasteiger partial charge on any atom is 0.248 e. The Labute approximate surface area is 160 Å². The molecule has 0 aliphatic carbocycles. The van der Waals surface area contributed by atoms with Gasteiger partial charge in [0.2, 0.25) is 11.9 Å². The van der Waals surface area contributed by atoms with E-state index in [-0.39, 0.29) is 5.82 Å². The molecular formula is C20H18FN5O2. The van der Waals surface area contributed by atoms with Gasteiger partial charge in [0.1, 0.15) is 17.6 Å². The van der Waals surface area contributed by atoms with E-state index in [4.69, 9.17) is 10.5 Å². The van der Waals surface area contributed by atoms with E-state index in [1.54, 1.807) is 30.8 Å². The second-order valence-corrected chi connectivity index (χ2v) is 6.39. The SMILES string of the molecule is COc1ccccc1-c1nc2n(n1)C(c1ccc(F)cc1)C(C(N)=O)=C(C)N2. The van der Waals surface area contributed by atoms with Gasteiger partial charge in [-0.05, 0) is 36.8 Å². The van der Waals surface area contributed by atoms with Gasteiger partial charge in [0.15, 0.2) is 5.82 Å². The van der Waals surface area contributed by atoms with Crippen molar-refractivity contribution in [2.45, 2.75) is 13.0 Å². The van der Waals surface area contributed by atoms with Crippen molar-refractivity contribution in [1.82, 2.24) is 14.8 Å². The number of methoxy groups -OCH3 is 1. The molecule has 0 saturated carbocycles. The number of carbonyl (C=O) groups excluding carboxylic acids is 1. The normalized spacial score (nSPS) is 15.8. The number of nitrogens with zero attached hydrogens (tertiary/aromatic N) is 3. The van der Waals surface area contributed by atoms with Crippen LogP contribution in [0.15, 0.2) is 59.8 Å². The predicted octanol–water partition coefficient (Wildman–Crippen LogP) is 2.87. The minimum atomic E-state index is -0.620. The van der Waals surface area contributed by atoms with E-state index in [1.165, 1.54) is 12.1 Å². The number of aromatic nitrogens is 3. The zero-order valence-corrected chi connectivity index (χ0v) is 15.3. The molecular weight excluding hydrogens is 361 g/mol. The largest absolute Gasteiger partial charge is 0.496 e. The van der Waals surface area contributed by atoms with Crippen LogP contribution in [0.5, 0.6) is 5.75 Å². The quantitative estimate of drug-likeness (QED) is 0.727. The summed E-state index contributed by atoms with van der Waals surface area (Å²) in [6, 6.07) is 12.7. The number of anilines is 1. The summed E-state index contributed by atoms with van der Waals surface area (Å²) in [5.74, 6) is 0.568. The van der Waals surface area contributed by atoms with E-state index < -0.39 is 11.9 Å². The number of allylic oxidation sites excluding steroid dienone is 1. The first-order valence-corrected chi connectivity index (χ1v) is 8.62. The standard InChI is InChI=1S/C20H18FN5O2/c1-11-16(18(22)27)17(12-7-9-13(21)10-8-12)26-20(23-11)24-19(25-26)14-5-3-4-6-15(14)28-2/h3-10,17H,1-2H3,(H2,22,27)(H,23,24,25). The van der Waals surface area contributed by atoms with Crippen molar-refractivity contribution >= 4 is 11.9 Å². The van der Waals surface area contributed by atoms with Crippen molar-refractivity contribution in [2.75, 3.05) is 12.4 Å². The number of nitrogens with one attached hydrogen (secondary N) is 1. The van der Waals surface area contributed by atoms with Crippen LogP contribution < -0.4 is 15.8 Å². The van der Waals surface area contributed by atoms with Crippen molar-refractivity contribution in [1.29, 1.82) is 0 Å². The molecule has 1 aliphatic rings. The first-order chi connectivity index (χ1) is 13.5. The average Bonchev–Trinajstić information content (AvgIpc) is 3.10. The van der Waals surface area contributed by atoms with E-state index in [9.17, 15) is 9.18 Å². The Morgan fingerprint density at radius 2 is 1.93 bits per heavy atom. The predicted molar refractivity (Wildman–Crippen MR) is 102 cm³/mol. The first-order valence-electron chi connectivity index (χ1n) is 8.62. The summed E-state index contributed by atoms with van der Waals surface area (Å²) in [5.41, 5.74) is 7.95. The Morgan fingerprint density at radius 3 is 2.61 bits per heavy atom. The van der Waals surface area contributed by atoms with Crippen LogP contribution in [0.3, 0.4) is 0 Å². The van der Waals surface area contributed by atoms with Crippen LogP contribution in [-0.4, -0.2) is 27.8 Å². The molecule has 0 spiro atoms. The number of benzene rings is 2. The number of primary amides is 1. The Morgan fingerprint density at radius 1 is 1.21 bits per heavy atom. The van der Waals surface area contributed by atoms with Crippen molar-refractivity contribution < 1.29 is 13.9 Å². The molecule has 2 aromatic carbocycles. The molecule has 3 N–H and O–H groups in total. The maximum absolute atomic E-state index is 13.4. The smallest absolute Gasteiger partial charge is 0.248 e. The highest BCUT2D eigenvalue weighted by Gasteiger charge is 2.33. The fourth-order valence-electron chi connectivity index (χ4n) is 3.37. The van der Waals surface area contributed by atoms with Gasteiger partial charge in [0, 0.05) is 5.70 Å². The summed E-state index contributed by atoms with van der Waals surface area (Å²) in [7, 11) is 1.57. The lowest BCUT2D eigenvalue weighted by molar-refractivity contribution is -0.115. The van der Waals surface area contributed by atoms with Gasteiger partial charge in [-0.2, -0.15) is 4.98 Å². The van der Waals surface area contributed by atoms with E-state index in [0.29, 0.717) is 39.9 Å². The molecule has 1 aliphatic heterocycles. The van der Waals surface area contributed by atoms with Gasteiger partial charge in [-0.15, -0.1) is 5.10 Å². The monoisotopic (exact) mass is 379 g/mol. The number of para-hydroxylation sites is 1. The third-order valence-corrected chi connectivity index (χ3v) is 4.65. The van der Waals surface area contributed by atoms with Crippen molar-refractivity contribution in [2.24, 2.45) is 5.73 Å². The topological polar surface area (TPSA) is 95.1 Å². The van der Waals surface area contributed by atoms with Gasteiger partial charge in [0.05, 0.1) is 18.2 Å². The molecule has 8 heteroatoms. The summed E-state index contributed by atoms with van der Waals surface area (Å²) >= 11 is 0. The molecule has 28 heavy (non-hydrogen) atoms. The highest BCUT2D eigenvalue weighted by molar-refractivity contribution is 5.95. The zero-order chi connectivity index (χ0) is 19.8. The number of halogens is 1. The fraction of sp³-hybridized carbons (Fsp3) is 0.150. The molecule has 3 aromatic rings. The number of amides is 1. The van der Waals surface area contributed by atoms with Crippen LogP contribution in [-0.2, 0) is 4.79 Å². The lowest BCUT2D eigenvalue weighted by Crippen LogP contribution is -2.31. The van der Waals surface area contributed by atoms with Gasteiger partial charge >= 0.3 is 0 Å². The summed E-state index contributed by atoms with van der Waals surface area (Å²) < 4.78 is 20.4. The van der Waals surface area contributed by atoms with Gasteiger partial charge in [-0.3, -0.25) is 4.79 Å². The van der Waals surface area contributed by atoms with Crippen LogP contribution in [0.4, 0.5) is 10.3 Å². The lowest BCUT2D eigenvalue weighted by atomic mass is 9.95. The summed E-state index contributed by atoms with van der Waals surface area (Å²) in [4.78, 5) is 16.7. The van der Waals surface area contributed by atoms with E-state index in [2.05, 4.69) is 15.4 Å². The summed E-state index contributed by atoms with van der Waals surface area (Å²) in [6.45, 7) is 1.75. The van der Waals surface area contributed by atoms with Crippen molar-refractivity contribution in [3.05, 3.63) is 71.2 Å². The molecule has 2 heterocycles. The van der Waals surface area contributed by atoms with Gasteiger partial charge in [-0.1, -0.05) is 24.3 Å². The van der Waals surface area contributed by atoms with Crippen LogP contribution in [0.25, 0.3) is 11.4 Å². The molecule has 1 atom stereocenters. The number of hydrogen-bond donors (Lipinski definition) is 2. The molecule has 0 fully saturated rings. The highest BCUT2D eigenvalue weighted by atomic mass is 19.1. The highest BCUT2D eigenvalue weighted by Crippen LogP contribution is 2.37. The molecule has 0 bridgehead atoms. The van der Waals surface area contributed by atoms with Crippen LogP contribution in [0.1, 0.15) is 18.5 Å². The molecule has 7 nitrogen and oxygen atoms in total. The number of hydrogen-bond acceptors (Lipinski definition) is 5. The van der Waals surface area contributed by atoms with E-state index in [1.807, 2.05) is 24.3 Å². The van der Waals surface area contributed by atoms with Gasteiger partial charge < -0.3 is 15.8 Å². The van der Waals surface area contributed by atoms with Crippen molar-refractivity contribution in [3.8, 4) is 17.1 Å². The van der Waals surface area contributed by atoms with Crippen LogP contribution in [0, 0.1) is 5.82 Å². The maximum atomic E-state index is 13.4. The number of rotatable bonds is 4. The zero-order valence-electron chi connectivity index (χ0n) is 15.3. The Bertz CT molecular complexity index is 1090. The molecule has 142 valence electrons. The molecule has 1 unspecified atom stereocenters. The summed E-state index contributed by atoms with van der Waals surface area (Å²) in [6.07, 6.45) is 0. The molecule has 0 saturated heterocycles. The number of carbonyl (C=O) groups is 1. The molecule has 1 aromatic heterocycles. The van der Waals surface area contributed by atoms with Gasteiger partial charge in [0.25, 0.3) is 0 Å². The Balaban J connectivity index is 1.89. The second kappa shape index (κ2) is 6.80. The molecule has 4 rings (SSSR count). The molecule has 1 amide bonds. The average molecular weight is 379 g/mol. The summed E-state index contributed by atoms with van der Waals surface area (Å²) in [5, 5.41) is 7.69. The Hall–Kier alpha value is -3.68. The van der Waals surface area contributed by atoms with Crippen LogP contribution >= 0.6 is 0 Å². The fourth-order valence-corrected chi connectivity index (χ4v) is 3.37.